The van der Waals surface area contributed by atoms with Gasteiger partial charge >= 0.3 is 5.97 Å². The van der Waals surface area contributed by atoms with Crippen molar-refractivity contribution in [3.63, 3.8) is 0 Å². The molecule has 0 aliphatic carbocycles. The predicted octanol–water partition coefficient (Wildman–Crippen LogP) is 5.33. The van der Waals surface area contributed by atoms with Crippen LogP contribution in [-0.4, -0.2) is 5.97 Å². The van der Waals surface area contributed by atoms with E-state index in [1.165, 1.54) is 10.8 Å². The lowest BCUT2D eigenvalue weighted by molar-refractivity contribution is 0.0535. The normalized spacial score (nSPS) is 13.2. The number of carbonyl (C=O) groups excluding carboxylic acids is 1. The summed E-state index contributed by atoms with van der Waals surface area (Å²) in [5.41, 5.74) is 3.96. The molecule has 0 fully saturated rings. The average molecular weight is 310 g/mol. The van der Waals surface area contributed by atoms with Gasteiger partial charge < -0.3 is 4.74 Å². The summed E-state index contributed by atoms with van der Waals surface area (Å²) in [4.78, 5) is 12.1. The van der Waals surface area contributed by atoms with E-state index in [2.05, 4.69) is 48.5 Å². The third-order valence-corrected chi connectivity index (χ3v) is 4.78. The van der Waals surface area contributed by atoms with Gasteiger partial charge in [0.25, 0.3) is 0 Å². The van der Waals surface area contributed by atoms with Gasteiger partial charge in [0.1, 0.15) is 6.61 Å². The van der Waals surface area contributed by atoms with Crippen molar-refractivity contribution in [3.8, 4) is 11.1 Å². The van der Waals surface area contributed by atoms with E-state index in [0.29, 0.717) is 12.2 Å². The first-order valence-corrected chi connectivity index (χ1v) is 8.03. The molecule has 5 rings (SSSR count). The first-order valence-electron chi connectivity index (χ1n) is 8.03. The molecule has 2 heteroatoms. The number of rotatable bonds is 1. The van der Waals surface area contributed by atoms with Gasteiger partial charge in [-0.05, 0) is 38.7 Å². The SMILES string of the molecule is O=C1OCc2c1cc1ccccc1c2-c1cccc2ccccc12. The largest absolute Gasteiger partial charge is 0.457 e. The Bertz CT molecular complexity index is 1120. The monoisotopic (exact) mass is 310 g/mol. The molecule has 4 aromatic rings. The maximum atomic E-state index is 12.1. The Hall–Kier alpha value is -3.13. The van der Waals surface area contributed by atoms with Gasteiger partial charge in [0.05, 0.1) is 5.56 Å². The number of carbonyl (C=O) groups is 1. The zero-order valence-corrected chi connectivity index (χ0v) is 13.0. The number of cyclic esters (lactones) is 1. The minimum atomic E-state index is -0.225. The molecule has 4 aromatic carbocycles. The molecule has 114 valence electrons. The number of esters is 1. The molecule has 2 nitrogen and oxygen atoms in total. The van der Waals surface area contributed by atoms with Gasteiger partial charge in [0.15, 0.2) is 0 Å². The molecule has 0 saturated heterocycles. The van der Waals surface area contributed by atoms with Gasteiger partial charge in [-0.25, -0.2) is 4.79 Å². The molecule has 0 amide bonds. The van der Waals surface area contributed by atoms with Crippen molar-refractivity contribution < 1.29 is 9.53 Å². The Morgan fingerprint density at radius 1 is 0.708 bits per heavy atom. The maximum Gasteiger partial charge on any atom is 0.338 e. The molecule has 0 atom stereocenters. The lowest BCUT2D eigenvalue weighted by atomic mass is 9.88. The average Bonchev–Trinajstić information content (AvgIpc) is 3.00. The highest BCUT2D eigenvalue weighted by Gasteiger charge is 2.26. The van der Waals surface area contributed by atoms with Gasteiger partial charge in [-0.15, -0.1) is 0 Å². The van der Waals surface area contributed by atoms with Crippen LogP contribution < -0.4 is 0 Å². The van der Waals surface area contributed by atoms with E-state index >= 15 is 0 Å². The summed E-state index contributed by atoms with van der Waals surface area (Å²) in [5.74, 6) is -0.225. The van der Waals surface area contributed by atoms with Crippen LogP contribution in [0, 0.1) is 0 Å². The van der Waals surface area contributed by atoms with Crippen LogP contribution in [0.1, 0.15) is 15.9 Å². The van der Waals surface area contributed by atoms with E-state index in [4.69, 9.17) is 4.74 Å². The van der Waals surface area contributed by atoms with Crippen molar-refractivity contribution in [2.24, 2.45) is 0 Å². The standard InChI is InChI=1S/C22H14O2/c23-22-19-12-15-7-2-4-10-17(15)21(20(19)13-24-22)18-11-5-8-14-6-1-3-9-16(14)18/h1-12H,13H2. The molecule has 0 aromatic heterocycles. The van der Waals surface area contributed by atoms with E-state index in [1.54, 1.807) is 0 Å². The summed E-state index contributed by atoms with van der Waals surface area (Å²) in [5, 5.41) is 4.61. The second-order valence-corrected chi connectivity index (χ2v) is 6.10. The zero-order valence-electron chi connectivity index (χ0n) is 13.0. The van der Waals surface area contributed by atoms with E-state index < -0.39 is 0 Å². The highest BCUT2D eigenvalue weighted by atomic mass is 16.5. The summed E-state index contributed by atoms with van der Waals surface area (Å²) in [6.45, 7) is 0.345. The molecule has 0 bridgehead atoms. The number of hydrogen-bond donors (Lipinski definition) is 0. The molecular formula is C22H14O2. The fourth-order valence-electron chi connectivity index (χ4n) is 3.69. The third-order valence-electron chi connectivity index (χ3n) is 4.78. The number of fused-ring (bicyclic) bond motifs is 3. The maximum absolute atomic E-state index is 12.1. The Morgan fingerprint density at radius 2 is 1.42 bits per heavy atom. The number of benzene rings is 4. The van der Waals surface area contributed by atoms with E-state index in [0.717, 1.165) is 27.5 Å². The fourth-order valence-corrected chi connectivity index (χ4v) is 3.69. The van der Waals surface area contributed by atoms with Crippen molar-refractivity contribution in [2.45, 2.75) is 6.61 Å². The quantitative estimate of drug-likeness (QED) is 0.444. The Labute approximate surface area is 139 Å². The fraction of sp³-hybridized carbons (Fsp3) is 0.0455. The highest BCUT2D eigenvalue weighted by Crippen LogP contribution is 2.40. The molecule has 24 heavy (non-hydrogen) atoms. The number of hydrogen-bond acceptors (Lipinski definition) is 2. The van der Waals surface area contributed by atoms with Crippen LogP contribution in [0.3, 0.4) is 0 Å². The third kappa shape index (κ3) is 1.80. The smallest absolute Gasteiger partial charge is 0.338 e. The summed E-state index contributed by atoms with van der Waals surface area (Å²) in [7, 11) is 0. The highest BCUT2D eigenvalue weighted by molar-refractivity contribution is 6.11. The van der Waals surface area contributed by atoms with E-state index in [9.17, 15) is 4.79 Å². The first kappa shape index (κ1) is 13.3. The van der Waals surface area contributed by atoms with Crippen molar-refractivity contribution in [1.82, 2.24) is 0 Å². The summed E-state index contributed by atoms with van der Waals surface area (Å²) in [6, 6.07) is 24.8. The van der Waals surface area contributed by atoms with Crippen LogP contribution in [-0.2, 0) is 11.3 Å². The van der Waals surface area contributed by atoms with Gasteiger partial charge in [-0.3, -0.25) is 0 Å². The summed E-state index contributed by atoms with van der Waals surface area (Å²) >= 11 is 0. The van der Waals surface area contributed by atoms with Gasteiger partial charge in [-0.2, -0.15) is 0 Å². The lowest BCUT2D eigenvalue weighted by Gasteiger charge is -2.14. The van der Waals surface area contributed by atoms with Crippen LogP contribution in [0.5, 0.6) is 0 Å². The molecule has 0 N–H and O–H groups in total. The minimum absolute atomic E-state index is 0.225. The Balaban J connectivity index is 1.98. The lowest BCUT2D eigenvalue weighted by Crippen LogP contribution is -1.95. The van der Waals surface area contributed by atoms with Gasteiger partial charge in [0, 0.05) is 5.56 Å². The van der Waals surface area contributed by atoms with Crippen molar-refractivity contribution in [1.29, 1.82) is 0 Å². The Kier molecular flexibility index (Phi) is 2.74. The van der Waals surface area contributed by atoms with Crippen LogP contribution in [0.4, 0.5) is 0 Å². The topological polar surface area (TPSA) is 26.3 Å². The van der Waals surface area contributed by atoms with Crippen LogP contribution in [0.15, 0.2) is 72.8 Å². The molecule has 1 aliphatic heterocycles. The van der Waals surface area contributed by atoms with Crippen LogP contribution in [0.25, 0.3) is 32.7 Å². The summed E-state index contributed by atoms with van der Waals surface area (Å²) < 4.78 is 5.33. The zero-order chi connectivity index (χ0) is 16.1. The molecular weight excluding hydrogens is 296 g/mol. The second kappa shape index (κ2) is 4.93. The first-order chi connectivity index (χ1) is 11.8. The van der Waals surface area contributed by atoms with Crippen LogP contribution >= 0.6 is 0 Å². The summed E-state index contributed by atoms with van der Waals surface area (Å²) in [6.07, 6.45) is 0. The van der Waals surface area contributed by atoms with Crippen molar-refractivity contribution >= 4 is 27.5 Å². The molecule has 0 saturated carbocycles. The molecule has 0 radical (unpaired) electrons. The minimum Gasteiger partial charge on any atom is -0.457 e. The second-order valence-electron chi connectivity index (χ2n) is 6.10. The predicted molar refractivity (Wildman–Crippen MR) is 96.0 cm³/mol. The molecule has 0 spiro atoms. The van der Waals surface area contributed by atoms with Crippen LogP contribution in [0.2, 0.25) is 0 Å². The van der Waals surface area contributed by atoms with E-state index in [1.807, 2.05) is 24.3 Å². The number of ether oxygens (including phenoxy) is 1. The molecule has 0 unspecified atom stereocenters. The molecule has 1 aliphatic rings. The van der Waals surface area contributed by atoms with Gasteiger partial charge in [-0.1, -0.05) is 66.7 Å². The molecule has 1 heterocycles. The Morgan fingerprint density at radius 3 is 2.29 bits per heavy atom. The van der Waals surface area contributed by atoms with Crippen molar-refractivity contribution in [3.05, 3.63) is 83.9 Å². The van der Waals surface area contributed by atoms with E-state index in [-0.39, 0.29) is 5.97 Å². The van der Waals surface area contributed by atoms with Crippen molar-refractivity contribution in [2.75, 3.05) is 0 Å². The van der Waals surface area contributed by atoms with Gasteiger partial charge in [0.2, 0.25) is 0 Å².